The average molecular weight is 403 g/mol. The number of benzene rings is 1. The first-order valence-corrected chi connectivity index (χ1v) is 10.3. The smallest absolute Gasteiger partial charge is 0.191 e. The number of Topliss-reactive ketones (excluding diaryl/α,β-unsaturated/α-hetero) is 1. The predicted molar refractivity (Wildman–Crippen MR) is 111 cm³/mol. The molecule has 0 fully saturated rings. The Labute approximate surface area is 168 Å². The predicted octanol–water partition coefficient (Wildman–Crippen LogP) is 5.03. The number of nitrogens with zero attached hydrogens (tertiary/aromatic N) is 4. The highest BCUT2D eigenvalue weighted by molar-refractivity contribution is 7.99. The molecule has 0 saturated carbocycles. The van der Waals surface area contributed by atoms with E-state index in [2.05, 4.69) is 21.7 Å². The van der Waals surface area contributed by atoms with Crippen LogP contribution >= 0.6 is 23.4 Å². The topological polar surface area (TPSA) is 52.7 Å². The molecule has 0 N–H and O–H groups in total. The van der Waals surface area contributed by atoms with E-state index in [0.29, 0.717) is 10.8 Å². The maximum Gasteiger partial charge on any atom is 0.191 e. The highest BCUT2D eigenvalue weighted by atomic mass is 35.5. The normalized spacial score (nSPS) is 11.1. The van der Waals surface area contributed by atoms with E-state index in [1.54, 1.807) is 0 Å². The largest absolute Gasteiger partial charge is 0.349 e. The van der Waals surface area contributed by atoms with Crippen LogP contribution in [0.3, 0.4) is 0 Å². The first-order chi connectivity index (χ1) is 13.0. The summed E-state index contributed by atoms with van der Waals surface area (Å²) < 4.78 is 4.18. The summed E-state index contributed by atoms with van der Waals surface area (Å²) in [6.07, 6.45) is 0. The summed E-state index contributed by atoms with van der Waals surface area (Å²) in [6.45, 7) is 9.77. The Morgan fingerprint density at radius 3 is 2.33 bits per heavy atom. The van der Waals surface area contributed by atoms with Crippen molar-refractivity contribution in [2.75, 3.05) is 5.75 Å². The Bertz CT molecular complexity index is 959. The minimum absolute atomic E-state index is 0.117. The standard InChI is InChI=1S/C20H23ClN4OS/c1-5-24-13(3)11-17(14(24)4)18(26)12-27-20-23-22-19(25(20)6-2)15-7-9-16(21)10-8-15/h7-11H,5-6,12H2,1-4H3. The van der Waals surface area contributed by atoms with E-state index in [4.69, 9.17) is 11.6 Å². The van der Waals surface area contributed by atoms with Crippen LogP contribution in [-0.4, -0.2) is 30.9 Å². The molecule has 0 amide bonds. The van der Waals surface area contributed by atoms with Crippen molar-refractivity contribution < 1.29 is 4.79 Å². The van der Waals surface area contributed by atoms with Crippen LogP contribution in [0.2, 0.25) is 5.02 Å². The van der Waals surface area contributed by atoms with Crippen LogP contribution in [0.15, 0.2) is 35.5 Å². The zero-order valence-corrected chi connectivity index (χ0v) is 17.6. The van der Waals surface area contributed by atoms with Gasteiger partial charge in [0.05, 0.1) is 5.75 Å². The number of carbonyl (C=O) groups is 1. The molecule has 0 atom stereocenters. The van der Waals surface area contributed by atoms with Gasteiger partial charge in [0.2, 0.25) is 0 Å². The molecule has 0 spiro atoms. The lowest BCUT2D eigenvalue weighted by molar-refractivity contribution is 0.102. The molecule has 0 aliphatic carbocycles. The maximum absolute atomic E-state index is 12.7. The molecule has 0 saturated heterocycles. The summed E-state index contributed by atoms with van der Waals surface area (Å²) in [6, 6.07) is 9.51. The zero-order valence-electron chi connectivity index (χ0n) is 16.0. The van der Waals surface area contributed by atoms with Crippen LogP contribution in [-0.2, 0) is 13.1 Å². The molecule has 5 nitrogen and oxygen atoms in total. The molecule has 0 aliphatic rings. The van der Waals surface area contributed by atoms with Crippen molar-refractivity contribution in [1.82, 2.24) is 19.3 Å². The molecule has 142 valence electrons. The van der Waals surface area contributed by atoms with Gasteiger partial charge in [0.25, 0.3) is 0 Å². The number of carbonyl (C=O) groups excluding carboxylic acids is 1. The SMILES string of the molecule is CCn1c(SCC(=O)c2cc(C)n(CC)c2C)nnc1-c1ccc(Cl)cc1. The summed E-state index contributed by atoms with van der Waals surface area (Å²) in [5.74, 6) is 1.24. The molecule has 3 aromatic rings. The van der Waals surface area contributed by atoms with Gasteiger partial charge in [-0.1, -0.05) is 23.4 Å². The maximum atomic E-state index is 12.7. The fourth-order valence-corrected chi connectivity index (χ4v) is 4.28. The van der Waals surface area contributed by atoms with Gasteiger partial charge in [-0.3, -0.25) is 4.79 Å². The highest BCUT2D eigenvalue weighted by Crippen LogP contribution is 2.26. The summed E-state index contributed by atoms with van der Waals surface area (Å²) >= 11 is 7.40. The van der Waals surface area contributed by atoms with Crippen molar-refractivity contribution in [1.29, 1.82) is 0 Å². The number of aryl methyl sites for hydroxylation is 1. The number of aromatic nitrogens is 4. The summed E-state index contributed by atoms with van der Waals surface area (Å²) in [4.78, 5) is 12.7. The lowest BCUT2D eigenvalue weighted by atomic mass is 10.2. The van der Waals surface area contributed by atoms with E-state index in [1.807, 2.05) is 55.7 Å². The zero-order chi connectivity index (χ0) is 19.6. The van der Waals surface area contributed by atoms with E-state index in [9.17, 15) is 4.79 Å². The third-order valence-electron chi connectivity index (χ3n) is 4.66. The van der Waals surface area contributed by atoms with Crippen molar-refractivity contribution in [3.05, 3.63) is 52.3 Å². The molecule has 0 radical (unpaired) electrons. The van der Waals surface area contributed by atoms with Gasteiger partial charge in [0, 0.05) is 40.6 Å². The number of ketones is 1. The molecule has 7 heteroatoms. The van der Waals surface area contributed by atoms with Crippen LogP contribution in [0.1, 0.15) is 35.6 Å². The number of halogens is 1. The fraction of sp³-hybridized carbons (Fsp3) is 0.350. The number of thioether (sulfide) groups is 1. The molecule has 0 aliphatic heterocycles. The Balaban J connectivity index is 1.78. The van der Waals surface area contributed by atoms with Crippen molar-refractivity contribution >= 4 is 29.1 Å². The molecule has 0 unspecified atom stereocenters. The summed E-state index contributed by atoms with van der Waals surface area (Å²) in [5.41, 5.74) is 3.89. The summed E-state index contributed by atoms with van der Waals surface area (Å²) in [5, 5.41) is 10.1. The molecule has 2 heterocycles. The fourth-order valence-electron chi connectivity index (χ4n) is 3.27. The van der Waals surface area contributed by atoms with Gasteiger partial charge >= 0.3 is 0 Å². The first-order valence-electron chi connectivity index (χ1n) is 8.98. The molecule has 1 aromatic carbocycles. The van der Waals surface area contributed by atoms with Crippen LogP contribution in [0.4, 0.5) is 0 Å². The average Bonchev–Trinajstić information content (AvgIpc) is 3.20. The minimum Gasteiger partial charge on any atom is -0.349 e. The van der Waals surface area contributed by atoms with Crippen molar-refractivity contribution in [2.24, 2.45) is 0 Å². The van der Waals surface area contributed by atoms with Crippen LogP contribution in [0, 0.1) is 13.8 Å². The number of rotatable bonds is 7. The van der Waals surface area contributed by atoms with Gasteiger partial charge in [-0.15, -0.1) is 10.2 Å². The van der Waals surface area contributed by atoms with Gasteiger partial charge < -0.3 is 9.13 Å². The second-order valence-electron chi connectivity index (χ2n) is 6.30. The monoisotopic (exact) mass is 402 g/mol. The highest BCUT2D eigenvalue weighted by Gasteiger charge is 2.18. The van der Waals surface area contributed by atoms with Crippen molar-refractivity contribution in [2.45, 2.75) is 45.9 Å². The van der Waals surface area contributed by atoms with Crippen molar-refractivity contribution in [3.63, 3.8) is 0 Å². The Morgan fingerprint density at radius 1 is 1.07 bits per heavy atom. The lowest BCUT2D eigenvalue weighted by Crippen LogP contribution is -2.07. The molecular weight excluding hydrogens is 380 g/mol. The van der Waals surface area contributed by atoms with Crippen molar-refractivity contribution in [3.8, 4) is 11.4 Å². The molecular formula is C20H23ClN4OS. The second kappa shape index (κ2) is 8.31. The molecule has 3 rings (SSSR count). The first kappa shape index (κ1) is 19.7. The van der Waals surface area contributed by atoms with Crippen LogP contribution in [0.25, 0.3) is 11.4 Å². The van der Waals surface area contributed by atoms with E-state index in [-0.39, 0.29) is 5.78 Å². The quantitative estimate of drug-likeness (QED) is 0.410. The van der Waals surface area contributed by atoms with Crippen LogP contribution in [0.5, 0.6) is 0 Å². The lowest BCUT2D eigenvalue weighted by Gasteiger charge is -2.08. The van der Waals surface area contributed by atoms with Gasteiger partial charge in [-0.2, -0.15) is 0 Å². The number of hydrogen-bond donors (Lipinski definition) is 0. The summed E-state index contributed by atoms with van der Waals surface area (Å²) in [7, 11) is 0. The van der Waals surface area contributed by atoms with E-state index in [0.717, 1.165) is 46.6 Å². The molecule has 0 bridgehead atoms. The van der Waals surface area contributed by atoms with E-state index in [1.165, 1.54) is 11.8 Å². The van der Waals surface area contributed by atoms with E-state index < -0.39 is 0 Å². The van der Waals surface area contributed by atoms with Gasteiger partial charge in [-0.25, -0.2) is 0 Å². The molecule has 27 heavy (non-hydrogen) atoms. The van der Waals surface area contributed by atoms with E-state index >= 15 is 0 Å². The minimum atomic E-state index is 0.117. The van der Waals surface area contributed by atoms with Crippen LogP contribution < -0.4 is 0 Å². The third kappa shape index (κ3) is 3.96. The Morgan fingerprint density at radius 2 is 1.74 bits per heavy atom. The second-order valence-corrected chi connectivity index (χ2v) is 7.68. The number of hydrogen-bond acceptors (Lipinski definition) is 4. The van der Waals surface area contributed by atoms with Gasteiger partial charge in [0.1, 0.15) is 0 Å². The van der Waals surface area contributed by atoms with Gasteiger partial charge in [-0.05, 0) is 58.0 Å². The Hall–Kier alpha value is -2.05. The third-order valence-corrected chi connectivity index (χ3v) is 5.88. The molecule has 2 aromatic heterocycles. The van der Waals surface area contributed by atoms with Gasteiger partial charge in [0.15, 0.2) is 16.8 Å². The Kier molecular flexibility index (Phi) is 6.07.